The number of alkyl halides is 3. The molecular formula is C33H44F4N4O6S. The molecule has 1 spiro atoms. The number of phenols is 1. The van der Waals surface area contributed by atoms with Crippen LogP contribution in [0.2, 0.25) is 0 Å². The van der Waals surface area contributed by atoms with Gasteiger partial charge in [-0.15, -0.1) is 0 Å². The molecule has 1 aromatic heterocycles. The number of carbonyl (C=O) groups is 1. The summed E-state index contributed by atoms with van der Waals surface area (Å²) in [7, 11) is 0. The van der Waals surface area contributed by atoms with Gasteiger partial charge in [-0.2, -0.15) is 13.2 Å². The molecule has 2 aliphatic heterocycles. The fourth-order valence-electron chi connectivity index (χ4n) is 5.83. The number of aromatic amines is 1. The van der Waals surface area contributed by atoms with Crippen LogP contribution in [0.1, 0.15) is 56.4 Å². The Morgan fingerprint density at radius 1 is 1.10 bits per heavy atom. The summed E-state index contributed by atoms with van der Waals surface area (Å²) in [6.07, 6.45) is -3.34. The van der Waals surface area contributed by atoms with Crippen molar-refractivity contribution in [3.05, 3.63) is 62.5 Å². The molecule has 0 unspecified atom stereocenters. The van der Waals surface area contributed by atoms with Crippen LogP contribution in [0.25, 0.3) is 10.2 Å². The Bertz CT molecular complexity index is 1600. The minimum Gasteiger partial charge on any atom is -0.506 e. The third-order valence-corrected chi connectivity index (χ3v) is 9.37. The zero-order valence-corrected chi connectivity index (χ0v) is 28.1. The molecule has 2 fully saturated rings. The second-order valence-corrected chi connectivity index (χ2v) is 14.5. The second-order valence-electron chi connectivity index (χ2n) is 13.5. The van der Waals surface area contributed by atoms with E-state index in [1.807, 2.05) is 6.07 Å². The van der Waals surface area contributed by atoms with Gasteiger partial charge in [0.2, 0.25) is 0 Å². The number of aromatic hydroxyl groups is 1. The van der Waals surface area contributed by atoms with Gasteiger partial charge < -0.3 is 30.4 Å². The fourth-order valence-corrected chi connectivity index (χ4v) is 6.75. The summed E-state index contributed by atoms with van der Waals surface area (Å²) in [4.78, 5) is 27.6. The van der Waals surface area contributed by atoms with Gasteiger partial charge in [0.05, 0.1) is 35.0 Å². The lowest BCUT2D eigenvalue weighted by Crippen LogP contribution is -2.57. The number of rotatable bonds is 9. The van der Waals surface area contributed by atoms with Crippen molar-refractivity contribution in [1.29, 1.82) is 0 Å². The van der Waals surface area contributed by atoms with E-state index in [1.165, 1.54) is 23.1 Å². The molecule has 2 aliphatic rings. The molecule has 1 atom stereocenters. The highest BCUT2D eigenvalue weighted by atomic mass is 32.1. The number of aliphatic carboxylic acids is 1. The van der Waals surface area contributed by atoms with Crippen LogP contribution in [0.5, 0.6) is 5.75 Å². The number of aliphatic hydroxyl groups is 1. The van der Waals surface area contributed by atoms with Crippen LogP contribution in [0.4, 0.5) is 17.6 Å². The number of thiazole rings is 1. The number of hydrogen-bond acceptors (Lipinski definition) is 9. The number of piperidine rings is 1. The Morgan fingerprint density at radius 3 is 2.42 bits per heavy atom. The largest absolute Gasteiger partial charge is 0.506 e. The van der Waals surface area contributed by atoms with E-state index in [9.17, 15) is 37.4 Å². The molecule has 0 saturated carbocycles. The lowest BCUT2D eigenvalue weighted by molar-refractivity contribution is -0.183. The van der Waals surface area contributed by atoms with Gasteiger partial charge >= 0.3 is 17.0 Å². The van der Waals surface area contributed by atoms with Crippen molar-refractivity contribution in [3.8, 4) is 5.75 Å². The lowest BCUT2D eigenvalue weighted by atomic mass is 9.89. The van der Waals surface area contributed by atoms with Crippen LogP contribution in [-0.4, -0.2) is 100 Å². The molecule has 0 aliphatic carbocycles. The van der Waals surface area contributed by atoms with Crippen LogP contribution in [0, 0.1) is 11.2 Å². The van der Waals surface area contributed by atoms with Gasteiger partial charge in [0.15, 0.2) is 0 Å². The zero-order valence-electron chi connectivity index (χ0n) is 27.3. The van der Waals surface area contributed by atoms with E-state index < -0.39 is 35.8 Å². The molecule has 0 bridgehead atoms. The Kier molecular flexibility index (Phi) is 12.3. The van der Waals surface area contributed by atoms with E-state index in [1.54, 1.807) is 26.8 Å². The van der Waals surface area contributed by atoms with Crippen molar-refractivity contribution in [2.24, 2.45) is 5.41 Å². The fraction of sp³-hybridized carbons (Fsp3) is 0.576. The molecule has 2 saturated heterocycles. The SMILES string of the molecule is CC(C)(C)C(=O)O.O=c1[nH]c2c(O)ccc([C@@H](O)CNCCc3cc(F)cc(CN4CCC5(CC4)CN(CC(F)(F)F)CCO5)c3)c2s1. The predicted molar refractivity (Wildman–Crippen MR) is 175 cm³/mol. The van der Waals surface area contributed by atoms with Crippen LogP contribution in [0.3, 0.4) is 0 Å². The number of phenolic OH excluding ortho intramolecular Hbond substituents is 1. The van der Waals surface area contributed by atoms with E-state index in [0.29, 0.717) is 67.8 Å². The van der Waals surface area contributed by atoms with E-state index in [2.05, 4.69) is 15.2 Å². The standard InChI is InChI=1S/C28H34F4N4O4S.C5H10O2/c29-20-12-18(3-6-33-14-23(38)21-1-2-22(37)24-25(21)41-26(39)34-24)11-19(13-20)15-35-7-4-27(5-8-35)16-36(9-10-40-27)17-28(30,31)32;1-5(2,3)4(6)7/h1-2,11-13,23,33,37-38H,3-10,14-17H2,(H,34,39);1-3H3,(H,6,7)/t23-;/m0./s1. The van der Waals surface area contributed by atoms with Crippen molar-refractivity contribution < 1.29 is 42.4 Å². The predicted octanol–water partition coefficient (Wildman–Crippen LogP) is 4.65. The molecule has 266 valence electrons. The van der Waals surface area contributed by atoms with E-state index in [4.69, 9.17) is 9.84 Å². The van der Waals surface area contributed by atoms with Crippen LogP contribution >= 0.6 is 11.3 Å². The van der Waals surface area contributed by atoms with Crippen molar-refractivity contribution in [1.82, 2.24) is 20.1 Å². The first-order chi connectivity index (χ1) is 22.4. The number of carboxylic acids is 1. The second kappa shape index (κ2) is 15.6. The number of hydrogen-bond donors (Lipinski definition) is 5. The first-order valence-corrected chi connectivity index (χ1v) is 16.7. The quantitative estimate of drug-likeness (QED) is 0.160. The third kappa shape index (κ3) is 10.7. The van der Waals surface area contributed by atoms with Gasteiger partial charge in [-0.05, 0) is 75.9 Å². The summed E-state index contributed by atoms with van der Waals surface area (Å²) in [5.74, 6) is -1.14. The van der Waals surface area contributed by atoms with Gasteiger partial charge in [-0.3, -0.25) is 19.4 Å². The molecule has 3 heterocycles. The molecule has 0 radical (unpaired) electrons. The molecule has 10 nitrogen and oxygen atoms in total. The highest BCUT2D eigenvalue weighted by molar-refractivity contribution is 7.16. The third-order valence-electron chi connectivity index (χ3n) is 8.44. The number of benzene rings is 2. The number of aromatic nitrogens is 1. The molecule has 2 aromatic carbocycles. The minimum atomic E-state index is -4.23. The summed E-state index contributed by atoms with van der Waals surface area (Å²) in [6, 6.07) is 7.97. The highest BCUT2D eigenvalue weighted by Gasteiger charge is 2.42. The average Bonchev–Trinajstić information content (AvgIpc) is 3.38. The van der Waals surface area contributed by atoms with Gasteiger partial charge in [-0.1, -0.05) is 23.5 Å². The first kappa shape index (κ1) is 37.7. The Balaban J connectivity index is 0.000000671. The number of aliphatic hydroxyl groups excluding tert-OH is 1. The van der Waals surface area contributed by atoms with Gasteiger partial charge in [0.25, 0.3) is 0 Å². The van der Waals surface area contributed by atoms with Crippen LogP contribution in [-0.2, 0) is 22.5 Å². The number of likely N-dealkylation sites (tertiary alicyclic amines) is 1. The number of morpholine rings is 1. The summed E-state index contributed by atoms with van der Waals surface area (Å²) in [5.41, 5.74) is 1.34. The topological polar surface area (TPSA) is 138 Å². The molecule has 5 rings (SSSR count). The van der Waals surface area contributed by atoms with E-state index in [0.717, 1.165) is 22.5 Å². The minimum absolute atomic E-state index is 0.0527. The van der Waals surface area contributed by atoms with Crippen molar-refractivity contribution in [2.45, 2.75) is 64.5 Å². The van der Waals surface area contributed by atoms with Crippen LogP contribution in [0.15, 0.2) is 35.1 Å². The normalized spacial score (nSPS) is 18.1. The summed E-state index contributed by atoms with van der Waals surface area (Å²) >= 11 is 0.928. The summed E-state index contributed by atoms with van der Waals surface area (Å²) in [6.45, 7) is 7.47. The van der Waals surface area contributed by atoms with E-state index >= 15 is 0 Å². The maximum Gasteiger partial charge on any atom is 0.401 e. The number of nitrogens with one attached hydrogen (secondary N) is 2. The molecule has 5 N–H and O–H groups in total. The average molecular weight is 701 g/mol. The Morgan fingerprint density at radius 2 is 1.77 bits per heavy atom. The van der Waals surface area contributed by atoms with E-state index in [-0.39, 0.29) is 36.1 Å². The van der Waals surface area contributed by atoms with Crippen LogP contribution < -0.4 is 10.2 Å². The van der Waals surface area contributed by atoms with Crippen molar-refractivity contribution in [2.75, 3.05) is 52.4 Å². The Hall–Kier alpha value is -3.08. The lowest BCUT2D eigenvalue weighted by Gasteiger charge is -2.47. The Labute approximate surface area is 280 Å². The number of nitrogens with zero attached hydrogens (tertiary/aromatic N) is 2. The van der Waals surface area contributed by atoms with Gasteiger partial charge in [0, 0.05) is 44.8 Å². The molecule has 15 heteroatoms. The molecule has 48 heavy (non-hydrogen) atoms. The molecule has 0 amide bonds. The molecule has 3 aromatic rings. The molecular weight excluding hydrogens is 656 g/mol. The summed E-state index contributed by atoms with van der Waals surface area (Å²) in [5, 5.41) is 32.0. The number of carboxylic acid groups (broad SMARTS) is 1. The number of H-pyrrole nitrogens is 1. The van der Waals surface area contributed by atoms with Crippen molar-refractivity contribution in [3.63, 3.8) is 0 Å². The maximum atomic E-state index is 14.4. The smallest absolute Gasteiger partial charge is 0.401 e. The van der Waals surface area contributed by atoms with Gasteiger partial charge in [-0.25, -0.2) is 4.39 Å². The first-order valence-electron chi connectivity index (χ1n) is 15.8. The maximum absolute atomic E-state index is 14.4. The number of ether oxygens (including phenoxy) is 1. The zero-order chi connectivity index (χ0) is 35.3. The highest BCUT2D eigenvalue weighted by Crippen LogP contribution is 2.33. The number of halogens is 4. The van der Waals surface area contributed by atoms with Crippen molar-refractivity contribution >= 4 is 27.5 Å². The van der Waals surface area contributed by atoms with Gasteiger partial charge in [0.1, 0.15) is 17.1 Å². The number of fused-ring (bicyclic) bond motifs is 1. The summed E-state index contributed by atoms with van der Waals surface area (Å²) < 4.78 is 59.6. The monoisotopic (exact) mass is 700 g/mol.